The summed E-state index contributed by atoms with van der Waals surface area (Å²) in [5, 5.41) is 0. The van der Waals surface area contributed by atoms with Crippen LogP contribution in [0.2, 0.25) is 0 Å². The molecule has 1 aliphatic heterocycles. The molecule has 1 fully saturated rings. The van der Waals surface area contributed by atoms with Crippen molar-refractivity contribution in [1.29, 1.82) is 0 Å². The molecule has 1 aromatic heterocycles. The lowest BCUT2D eigenvalue weighted by Crippen LogP contribution is -2.49. The Balaban J connectivity index is 1.47. The van der Waals surface area contributed by atoms with Gasteiger partial charge in [0, 0.05) is 36.8 Å². The third-order valence-corrected chi connectivity index (χ3v) is 8.43. The molecule has 11 heteroatoms. The number of halogens is 3. The predicted octanol–water partition coefficient (Wildman–Crippen LogP) is 2.17. The molecule has 158 valence electrons. The van der Waals surface area contributed by atoms with E-state index in [1.54, 1.807) is 4.57 Å². The average Bonchev–Trinajstić information content (AvgIpc) is 3.02. The number of nitrogens with zero attached hydrogens (tertiary/aromatic N) is 3. The molecular weight excluding hydrogens is 427 g/mol. The van der Waals surface area contributed by atoms with Gasteiger partial charge in [-0.3, -0.25) is 14.3 Å². The molecule has 0 atom stereocenters. The van der Waals surface area contributed by atoms with Gasteiger partial charge in [0.25, 0.3) is 0 Å². The Morgan fingerprint density at radius 2 is 1.66 bits per heavy atom. The topological polar surface area (TPSA) is 62.6 Å². The zero-order chi connectivity index (χ0) is 20.8. The largest absolute Gasteiger partial charge is 0.308 e. The number of aromatic nitrogens is 1. The van der Waals surface area contributed by atoms with E-state index < -0.39 is 32.4 Å². The average molecular weight is 448 g/mol. The maximum atomic E-state index is 14.0. The highest BCUT2D eigenvalue weighted by molar-refractivity contribution is 7.89. The van der Waals surface area contributed by atoms with Crippen molar-refractivity contribution in [2.24, 2.45) is 0 Å². The van der Waals surface area contributed by atoms with Gasteiger partial charge in [0.1, 0.15) is 4.90 Å². The van der Waals surface area contributed by atoms with Crippen molar-refractivity contribution in [3.05, 3.63) is 49.8 Å². The highest BCUT2D eigenvalue weighted by Crippen LogP contribution is 2.26. The Hall–Kier alpha value is -1.69. The summed E-state index contributed by atoms with van der Waals surface area (Å²) in [6.45, 7) is 1.23. The van der Waals surface area contributed by atoms with Crippen LogP contribution in [0.3, 0.4) is 0 Å². The molecule has 0 radical (unpaired) electrons. The number of benzene rings is 1. The molecule has 2 aliphatic rings. The maximum absolute atomic E-state index is 14.0. The normalized spacial score (nSPS) is 18.7. The Labute approximate surface area is 170 Å². The molecule has 29 heavy (non-hydrogen) atoms. The van der Waals surface area contributed by atoms with Crippen LogP contribution in [0.25, 0.3) is 0 Å². The van der Waals surface area contributed by atoms with Gasteiger partial charge in [-0.1, -0.05) is 11.3 Å². The summed E-state index contributed by atoms with van der Waals surface area (Å²) in [5.41, 5.74) is 1.07. The molecule has 0 unspecified atom stereocenters. The number of thiazole rings is 1. The molecule has 1 aromatic carbocycles. The lowest BCUT2D eigenvalue weighted by atomic mass is 10.0. The molecule has 1 aliphatic carbocycles. The molecule has 0 amide bonds. The summed E-state index contributed by atoms with van der Waals surface area (Å²) in [7, 11) is -4.28. The van der Waals surface area contributed by atoms with E-state index in [9.17, 15) is 26.4 Å². The van der Waals surface area contributed by atoms with E-state index in [1.807, 2.05) is 4.90 Å². The summed E-state index contributed by atoms with van der Waals surface area (Å²) < 4.78 is 68.7. The standard InChI is InChI=1S/C18H20F3N3O3S2/c19-12-5-6-15(17(21)16(12)20)29(26,27)23-9-7-22(8-10-23)11-24-13-3-1-2-4-14(13)28-18(24)25/h5-6H,1-4,7-11H2. The van der Waals surface area contributed by atoms with Gasteiger partial charge < -0.3 is 0 Å². The van der Waals surface area contributed by atoms with Crippen molar-refractivity contribution < 1.29 is 21.6 Å². The van der Waals surface area contributed by atoms with Crippen molar-refractivity contribution in [3.63, 3.8) is 0 Å². The molecule has 0 bridgehead atoms. The first-order valence-corrected chi connectivity index (χ1v) is 11.6. The van der Waals surface area contributed by atoms with Crippen LogP contribution in [-0.4, -0.2) is 48.4 Å². The first-order chi connectivity index (χ1) is 13.8. The van der Waals surface area contributed by atoms with Gasteiger partial charge in [0.15, 0.2) is 17.5 Å². The lowest BCUT2D eigenvalue weighted by molar-refractivity contribution is 0.149. The quantitative estimate of drug-likeness (QED) is 0.674. The molecule has 0 spiro atoms. The SMILES string of the molecule is O=c1sc2c(n1CN1CCN(S(=O)(=O)c3ccc(F)c(F)c3F)CC1)CCCC2. The summed E-state index contributed by atoms with van der Waals surface area (Å²) >= 11 is 1.28. The van der Waals surface area contributed by atoms with Crippen LogP contribution < -0.4 is 4.87 Å². The van der Waals surface area contributed by atoms with E-state index in [2.05, 4.69) is 0 Å². The monoisotopic (exact) mass is 447 g/mol. The molecule has 6 nitrogen and oxygen atoms in total. The van der Waals surface area contributed by atoms with E-state index in [4.69, 9.17) is 0 Å². The number of hydrogen-bond acceptors (Lipinski definition) is 5. The fourth-order valence-corrected chi connectivity index (χ4v) is 6.37. The van der Waals surface area contributed by atoms with Crippen molar-refractivity contribution in [2.75, 3.05) is 26.2 Å². The third-order valence-electron chi connectivity index (χ3n) is 5.44. The molecule has 2 heterocycles. The van der Waals surface area contributed by atoms with E-state index in [-0.39, 0.29) is 18.0 Å². The Bertz CT molecular complexity index is 1090. The van der Waals surface area contributed by atoms with Gasteiger partial charge in [0.2, 0.25) is 10.0 Å². The lowest BCUT2D eigenvalue weighted by Gasteiger charge is -2.34. The highest BCUT2D eigenvalue weighted by Gasteiger charge is 2.33. The van der Waals surface area contributed by atoms with E-state index in [0.29, 0.717) is 25.8 Å². The molecule has 0 N–H and O–H groups in total. The number of hydrogen-bond donors (Lipinski definition) is 0. The van der Waals surface area contributed by atoms with Gasteiger partial charge in [-0.25, -0.2) is 21.6 Å². The summed E-state index contributed by atoms with van der Waals surface area (Å²) in [6, 6.07) is 1.35. The van der Waals surface area contributed by atoms with Gasteiger partial charge >= 0.3 is 4.87 Å². The second-order valence-corrected chi connectivity index (χ2v) is 10.2. The van der Waals surface area contributed by atoms with Crippen LogP contribution in [-0.2, 0) is 29.5 Å². The first-order valence-electron chi connectivity index (χ1n) is 9.36. The number of aryl methyl sites for hydroxylation is 1. The molecule has 1 saturated heterocycles. The van der Waals surface area contributed by atoms with Crippen molar-refractivity contribution >= 4 is 21.4 Å². The fourth-order valence-electron chi connectivity index (χ4n) is 3.83. The minimum Gasteiger partial charge on any atom is -0.289 e. The van der Waals surface area contributed by atoms with E-state index in [1.165, 1.54) is 11.3 Å². The van der Waals surface area contributed by atoms with E-state index >= 15 is 0 Å². The maximum Gasteiger partial charge on any atom is 0.308 e. The predicted molar refractivity (Wildman–Crippen MR) is 102 cm³/mol. The van der Waals surface area contributed by atoms with Gasteiger partial charge in [-0.15, -0.1) is 0 Å². The number of piperazine rings is 1. The van der Waals surface area contributed by atoms with Crippen LogP contribution in [0.15, 0.2) is 21.8 Å². The Morgan fingerprint density at radius 1 is 0.966 bits per heavy atom. The van der Waals surface area contributed by atoms with Gasteiger partial charge in [0.05, 0.1) is 6.67 Å². The highest BCUT2D eigenvalue weighted by atomic mass is 32.2. The van der Waals surface area contributed by atoms with Crippen LogP contribution in [0.1, 0.15) is 23.4 Å². The number of rotatable bonds is 4. The van der Waals surface area contributed by atoms with Crippen LogP contribution in [0, 0.1) is 17.5 Å². The van der Waals surface area contributed by atoms with Crippen LogP contribution >= 0.6 is 11.3 Å². The molecule has 4 rings (SSSR count). The minimum absolute atomic E-state index is 0.00388. The molecular formula is C18H20F3N3O3S2. The Morgan fingerprint density at radius 3 is 2.38 bits per heavy atom. The smallest absolute Gasteiger partial charge is 0.289 e. The third kappa shape index (κ3) is 3.76. The zero-order valence-electron chi connectivity index (χ0n) is 15.5. The van der Waals surface area contributed by atoms with Crippen LogP contribution in [0.5, 0.6) is 0 Å². The Kier molecular flexibility index (Phi) is 5.58. The summed E-state index contributed by atoms with van der Waals surface area (Å²) in [6.07, 6.45) is 3.94. The number of sulfonamides is 1. The van der Waals surface area contributed by atoms with Crippen molar-refractivity contribution in [3.8, 4) is 0 Å². The molecule has 0 saturated carbocycles. The van der Waals surface area contributed by atoms with Crippen molar-refractivity contribution in [1.82, 2.24) is 13.8 Å². The van der Waals surface area contributed by atoms with E-state index in [0.717, 1.165) is 46.6 Å². The summed E-state index contributed by atoms with van der Waals surface area (Å²) in [4.78, 5) is 14.6. The van der Waals surface area contributed by atoms with Gasteiger partial charge in [-0.2, -0.15) is 4.31 Å². The molecule has 2 aromatic rings. The second kappa shape index (κ2) is 7.86. The first kappa shape index (κ1) is 20.6. The second-order valence-electron chi connectivity index (χ2n) is 7.21. The summed E-state index contributed by atoms with van der Waals surface area (Å²) in [5.74, 6) is -4.94. The minimum atomic E-state index is -4.28. The van der Waals surface area contributed by atoms with Gasteiger partial charge in [-0.05, 0) is 37.8 Å². The van der Waals surface area contributed by atoms with Crippen molar-refractivity contribution in [2.45, 2.75) is 37.2 Å². The zero-order valence-corrected chi connectivity index (χ0v) is 17.2. The van der Waals surface area contributed by atoms with Crippen LogP contribution in [0.4, 0.5) is 13.2 Å². The fraction of sp³-hybridized carbons (Fsp3) is 0.500. The number of fused-ring (bicyclic) bond motifs is 1.